The van der Waals surface area contributed by atoms with Crippen LogP contribution in [0.5, 0.6) is 0 Å². The maximum absolute atomic E-state index is 12.5. The number of amides is 2. The van der Waals surface area contributed by atoms with E-state index < -0.39 is 0 Å². The van der Waals surface area contributed by atoms with Crippen molar-refractivity contribution in [2.75, 3.05) is 32.7 Å². The third-order valence-electron chi connectivity index (χ3n) is 4.00. The summed E-state index contributed by atoms with van der Waals surface area (Å²) in [6.45, 7) is 7.60. The Morgan fingerprint density at radius 1 is 1.26 bits per heavy atom. The quantitative estimate of drug-likeness (QED) is 0.764. The van der Waals surface area contributed by atoms with Gasteiger partial charge in [0.2, 0.25) is 11.8 Å². The van der Waals surface area contributed by atoms with Gasteiger partial charge in [-0.25, -0.2) is 0 Å². The van der Waals surface area contributed by atoms with Crippen LogP contribution < -0.4 is 5.32 Å². The molecule has 2 unspecified atom stereocenters. The van der Waals surface area contributed by atoms with E-state index in [1.54, 1.807) is 11.8 Å². The summed E-state index contributed by atoms with van der Waals surface area (Å²) in [5.74, 6) is 0.319. The molecule has 0 aromatic carbocycles. The van der Waals surface area contributed by atoms with E-state index in [1.165, 1.54) is 0 Å². The molecule has 2 aliphatic rings. The van der Waals surface area contributed by atoms with Gasteiger partial charge in [-0.1, -0.05) is 0 Å². The lowest BCUT2D eigenvalue weighted by atomic mass is 9.95. The van der Waals surface area contributed by atoms with Gasteiger partial charge in [0.15, 0.2) is 0 Å². The highest BCUT2D eigenvalue weighted by molar-refractivity contribution is 5.85. The standard InChI is InChI=1S/C13H23N3O2.ClH/c1-10-8-14-5-7-16(10)13(18)12-4-3-6-15(9-12)11(2)17;/h10,12,14H,3-9H2,1-2H3;1H. The summed E-state index contributed by atoms with van der Waals surface area (Å²) in [5.41, 5.74) is 0. The van der Waals surface area contributed by atoms with Crippen molar-refractivity contribution in [2.24, 2.45) is 5.92 Å². The van der Waals surface area contributed by atoms with Crippen LogP contribution in [0.2, 0.25) is 0 Å². The fraction of sp³-hybridized carbons (Fsp3) is 0.846. The van der Waals surface area contributed by atoms with E-state index in [9.17, 15) is 9.59 Å². The number of carbonyl (C=O) groups is 2. The number of hydrogen-bond acceptors (Lipinski definition) is 3. The average Bonchev–Trinajstić information content (AvgIpc) is 2.38. The third kappa shape index (κ3) is 3.83. The second-order valence-electron chi connectivity index (χ2n) is 5.39. The first-order valence-electron chi connectivity index (χ1n) is 6.86. The van der Waals surface area contributed by atoms with Crippen LogP contribution in [-0.2, 0) is 9.59 Å². The Hall–Kier alpha value is -0.810. The Kier molecular flexibility index (Phi) is 6.07. The van der Waals surface area contributed by atoms with Crippen LogP contribution >= 0.6 is 12.4 Å². The van der Waals surface area contributed by atoms with Gasteiger partial charge in [-0.2, -0.15) is 0 Å². The Morgan fingerprint density at radius 3 is 2.63 bits per heavy atom. The highest BCUT2D eigenvalue weighted by Gasteiger charge is 2.32. The topological polar surface area (TPSA) is 52.7 Å². The molecule has 0 aliphatic carbocycles. The number of hydrogen-bond donors (Lipinski definition) is 1. The van der Waals surface area contributed by atoms with Crippen molar-refractivity contribution in [3.8, 4) is 0 Å². The number of rotatable bonds is 1. The molecular weight excluding hydrogens is 266 g/mol. The minimum atomic E-state index is 0. The van der Waals surface area contributed by atoms with E-state index in [0.29, 0.717) is 6.54 Å². The number of carbonyl (C=O) groups excluding carboxylic acids is 2. The molecule has 0 saturated carbocycles. The summed E-state index contributed by atoms with van der Waals surface area (Å²) in [6.07, 6.45) is 1.86. The normalized spacial score (nSPS) is 27.7. The van der Waals surface area contributed by atoms with E-state index in [0.717, 1.165) is 39.0 Å². The molecule has 6 heteroatoms. The van der Waals surface area contributed by atoms with Gasteiger partial charge in [-0.05, 0) is 19.8 Å². The molecule has 2 saturated heterocycles. The number of halogens is 1. The summed E-state index contributed by atoms with van der Waals surface area (Å²) < 4.78 is 0. The zero-order valence-corrected chi connectivity index (χ0v) is 12.5. The zero-order chi connectivity index (χ0) is 13.1. The lowest BCUT2D eigenvalue weighted by Crippen LogP contribution is -2.55. The SMILES string of the molecule is CC(=O)N1CCCC(C(=O)N2CCNCC2C)C1.Cl. The van der Waals surface area contributed by atoms with Crippen molar-refractivity contribution in [1.82, 2.24) is 15.1 Å². The smallest absolute Gasteiger partial charge is 0.227 e. The summed E-state index contributed by atoms with van der Waals surface area (Å²) in [4.78, 5) is 27.7. The highest BCUT2D eigenvalue weighted by atomic mass is 35.5. The molecule has 2 fully saturated rings. The molecule has 0 radical (unpaired) electrons. The van der Waals surface area contributed by atoms with Gasteiger partial charge in [-0.15, -0.1) is 12.4 Å². The van der Waals surface area contributed by atoms with Crippen molar-refractivity contribution in [3.05, 3.63) is 0 Å². The molecule has 19 heavy (non-hydrogen) atoms. The summed E-state index contributed by atoms with van der Waals surface area (Å²) in [7, 11) is 0. The van der Waals surface area contributed by atoms with Crippen LogP contribution in [0.4, 0.5) is 0 Å². The number of piperidine rings is 1. The predicted molar refractivity (Wildman–Crippen MR) is 76.3 cm³/mol. The van der Waals surface area contributed by atoms with Crippen LogP contribution in [0, 0.1) is 5.92 Å². The van der Waals surface area contributed by atoms with Gasteiger partial charge in [-0.3, -0.25) is 9.59 Å². The van der Waals surface area contributed by atoms with E-state index in [2.05, 4.69) is 12.2 Å². The molecule has 0 spiro atoms. The zero-order valence-electron chi connectivity index (χ0n) is 11.7. The molecule has 1 N–H and O–H groups in total. The van der Waals surface area contributed by atoms with Gasteiger partial charge in [0.25, 0.3) is 0 Å². The van der Waals surface area contributed by atoms with Crippen LogP contribution in [0.1, 0.15) is 26.7 Å². The van der Waals surface area contributed by atoms with Crippen molar-refractivity contribution in [3.63, 3.8) is 0 Å². The van der Waals surface area contributed by atoms with Crippen LogP contribution in [0.3, 0.4) is 0 Å². The second-order valence-corrected chi connectivity index (χ2v) is 5.39. The Labute approximate surface area is 121 Å². The summed E-state index contributed by atoms with van der Waals surface area (Å²) >= 11 is 0. The number of likely N-dealkylation sites (tertiary alicyclic amines) is 1. The number of piperazine rings is 1. The van der Waals surface area contributed by atoms with Crippen molar-refractivity contribution in [1.29, 1.82) is 0 Å². The van der Waals surface area contributed by atoms with Gasteiger partial charge in [0, 0.05) is 45.7 Å². The molecule has 2 atom stereocenters. The van der Waals surface area contributed by atoms with E-state index >= 15 is 0 Å². The van der Waals surface area contributed by atoms with Gasteiger partial charge >= 0.3 is 0 Å². The highest BCUT2D eigenvalue weighted by Crippen LogP contribution is 2.20. The lowest BCUT2D eigenvalue weighted by molar-refractivity contribution is -0.142. The Bertz CT molecular complexity index is 338. The summed E-state index contributed by atoms with van der Waals surface area (Å²) in [6, 6.07) is 0.263. The monoisotopic (exact) mass is 289 g/mol. The Balaban J connectivity index is 0.00000180. The molecule has 0 aromatic heterocycles. The van der Waals surface area contributed by atoms with E-state index in [1.807, 2.05) is 4.90 Å². The molecular formula is C13H24ClN3O2. The molecule has 5 nitrogen and oxygen atoms in total. The van der Waals surface area contributed by atoms with Crippen LogP contribution in [0.15, 0.2) is 0 Å². The van der Waals surface area contributed by atoms with Gasteiger partial charge in [0.1, 0.15) is 0 Å². The predicted octanol–water partition coefficient (Wildman–Crippen LogP) is 0.487. The number of nitrogens with zero attached hydrogens (tertiary/aromatic N) is 2. The first-order chi connectivity index (χ1) is 8.59. The summed E-state index contributed by atoms with van der Waals surface area (Å²) in [5, 5.41) is 3.29. The Morgan fingerprint density at radius 2 is 2.00 bits per heavy atom. The molecule has 2 rings (SSSR count). The van der Waals surface area contributed by atoms with Crippen LogP contribution in [0.25, 0.3) is 0 Å². The molecule has 0 bridgehead atoms. The van der Waals surface area contributed by atoms with E-state index in [4.69, 9.17) is 0 Å². The lowest BCUT2D eigenvalue weighted by Gasteiger charge is -2.39. The largest absolute Gasteiger partial charge is 0.342 e. The van der Waals surface area contributed by atoms with Crippen molar-refractivity contribution < 1.29 is 9.59 Å². The fourth-order valence-electron chi connectivity index (χ4n) is 2.87. The fourth-order valence-corrected chi connectivity index (χ4v) is 2.87. The number of nitrogens with one attached hydrogen (secondary N) is 1. The maximum atomic E-state index is 12.5. The van der Waals surface area contributed by atoms with Crippen molar-refractivity contribution in [2.45, 2.75) is 32.7 Å². The molecule has 2 amide bonds. The van der Waals surface area contributed by atoms with Crippen molar-refractivity contribution >= 4 is 24.2 Å². The molecule has 2 heterocycles. The van der Waals surface area contributed by atoms with Gasteiger partial charge in [0.05, 0.1) is 5.92 Å². The second kappa shape index (κ2) is 7.10. The minimum Gasteiger partial charge on any atom is -0.342 e. The molecule has 0 aromatic rings. The van der Waals surface area contributed by atoms with E-state index in [-0.39, 0.29) is 36.2 Å². The molecule has 110 valence electrons. The maximum Gasteiger partial charge on any atom is 0.227 e. The van der Waals surface area contributed by atoms with Gasteiger partial charge < -0.3 is 15.1 Å². The first-order valence-corrected chi connectivity index (χ1v) is 6.86. The third-order valence-corrected chi connectivity index (χ3v) is 4.00. The average molecular weight is 290 g/mol. The minimum absolute atomic E-state index is 0. The first kappa shape index (κ1) is 16.2. The van der Waals surface area contributed by atoms with Crippen LogP contribution in [-0.4, -0.2) is 60.4 Å². The molecule has 2 aliphatic heterocycles.